The molecule has 0 spiro atoms. The fourth-order valence-corrected chi connectivity index (χ4v) is 0.940. The molecule has 2 heteroatoms. The molecule has 0 bridgehead atoms. The van der Waals surface area contributed by atoms with Crippen molar-refractivity contribution in [2.24, 2.45) is 0 Å². The van der Waals surface area contributed by atoms with Crippen LogP contribution in [0.15, 0.2) is 30.3 Å². The van der Waals surface area contributed by atoms with Crippen molar-refractivity contribution < 1.29 is 17.0 Å². The second-order valence-electron chi connectivity index (χ2n) is 2.34. The predicted molar refractivity (Wildman–Crippen MR) is 53.7 cm³/mol. The molecule has 0 saturated heterocycles. The van der Waals surface area contributed by atoms with E-state index < -0.39 is 0 Å². The van der Waals surface area contributed by atoms with Crippen molar-refractivity contribution in [3.8, 4) is 11.8 Å². The summed E-state index contributed by atoms with van der Waals surface area (Å²) in [6, 6.07) is 10.4. The minimum absolute atomic E-state index is 0. The van der Waals surface area contributed by atoms with Gasteiger partial charge in [0.05, 0.1) is 0 Å². The first-order valence-corrected chi connectivity index (χ1v) is 3.72. The quantitative estimate of drug-likeness (QED) is 0.360. The Hall–Kier alpha value is -0.104. The number of halogens is 1. The van der Waals surface area contributed by atoms with Gasteiger partial charge in [-0.25, -0.2) is 0 Å². The van der Waals surface area contributed by atoms with E-state index in [0.717, 1.165) is 12.8 Å². The van der Waals surface area contributed by atoms with E-state index in [2.05, 4.69) is 30.9 Å². The maximum absolute atomic E-state index is 3.46. The van der Waals surface area contributed by atoms with Gasteiger partial charge in [0.2, 0.25) is 0 Å². The van der Waals surface area contributed by atoms with Crippen LogP contribution in [-0.4, -0.2) is 23.1 Å². The Balaban J connectivity index is 0. The Morgan fingerprint density at radius 1 is 1.15 bits per heavy atom. The molecule has 1 rings (SSSR count). The monoisotopic (exact) mass is 246 g/mol. The fourth-order valence-electron chi connectivity index (χ4n) is 0.940. The van der Waals surface area contributed by atoms with Crippen molar-refractivity contribution >= 4 is 23.1 Å². The van der Waals surface area contributed by atoms with Crippen LogP contribution in [0.1, 0.15) is 12.0 Å². The smallest absolute Gasteiger partial charge is 1.00 e. The van der Waals surface area contributed by atoms with Crippen molar-refractivity contribution in [1.82, 2.24) is 0 Å². The van der Waals surface area contributed by atoms with Gasteiger partial charge in [0, 0.05) is 0 Å². The van der Waals surface area contributed by atoms with Gasteiger partial charge in [-0.3, -0.25) is 5.92 Å². The van der Waals surface area contributed by atoms with Crippen LogP contribution in [0.25, 0.3) is 0 Å². The van der Waals surface area contributed by atoms with Crippen molar-refractivity contribution in [1.29, 1.82) is 0 Å². The molecule has 0 atom stereocenters. The number of benzene rings is 1. The summed E-state index contributed by atoms with van der Waals surface area (Å²) < 4.78 is 0. The minimum Gasteiger partial charge on any atom is -1.00 e. The summed E-state index contributed by atoms with van der Waals surface area (Å²) in [5.74, 6) is 5.57. The molecule has 1 aromatic carbocycles. The van der Waals surface area contributed by atoms with Crippen LogP contribution in [-0.2, 0) is 6.42 Å². The van der Waals surface area contributed by atoms with E-state index in [-0.39, 0.29) is 40.0 Å². The van der Waals surface area contributed by atoms with Crippen LogP contribution in [0.2, 0.25) is 0 Å². The Morgan fingerprint density at radius 3 is 2.31 bits per heavy atom. The van der Waals surface area contributed by atoms with Crippen molar-refractivity contribution in [2.75, 3.05) is 0 Å². The van der Waals surface area contributed by atoms with Crippen molar-refractivity contribution in [3.05, 3.63) is 42.8 Å². The zero-order valence-electron chi connectivity index (χ0n) is 7.59. The second kappa shape index (κ2) is 9.98. The van der Waals surface area contributed by atoms with E-state index in [1.54, 1.807) is 0 Å². The number of hydrogen-bond donors (Lipinski definition) is 0. The molecule has 0 fully saturated rings. The molecule has 13 heavy (non-hydrogen) atoms. The zero-order valence-corrected chi connectivity index (χ0v) is 10.6. The largest absolute Gasteiger partial charge is 2.00 e. The maximum atomic E-state index is 3.46. The van der Waals surface area contributed by atoms with Crippen LogP contribution in [0.3, 0.4) is 0 Å². The SMILES string of the molecule is [Br-].[CH2-]C#CCCc1ccccc1.[Mg+2]. The summed E-state index contributed by atoms with van der Waals surface area (Å²) >= 11 is 0. The first-order valence-electron chi connectivity index (χ1n) is 3.72. The molecular formula is C11H11BrMg. The second-order valence-corrected chi connectivity index (χ2v) is 2.34. The van der Waals surface area contributed by atoms with E-state index in [4.69, 9.17) is 0 Å². The molecule has 64 valence electrons. The van der Waals surface area contributed by atoms with E-state index in [1.165, 1.54) is 5.56 Å². The average molecular weight is 247 g/mol. The van der Waals surface area contributed by atoms with E-state index in [0.29, 0.717) is 0 Å². The number of hydrogen-bond acceptors (Lipinski definition) is 0. The third-order valence-corrected chi connectivity index (χ3v) is 1.51. The number of rotatable bonds is 2. The summed E-state index contributed by atoms with van der Waals surface area (Å²) in [7, 11) is 0. The van der Waals surface area contributed by atoms with Crippen LogP contribution in [0.5, 0.6) is 0 Å². The van der Waals surface area contributed by atoms with Gasteiger partial charge in [0.25, 0.3) is 0 Å². The third kappa shape index (κ3) is 7.01. The molecule has 0 aliphatic heterocycles. The average Bonchev–Trinajstić information content (AvgIpc) is 2.07. The van der Waals surface area contributed by atoms with Gasteiger partial charge in [-0.05, 0) is 12.0 Å². The molecule has 0 amide bonds. The van der Waals surface area contributed by atoms with Gasteiger partial charge >= 0.3 is 23.1 Å². The van der Waals surface area contributed by atoms with Crippen LogP contribution >= 0.6 is 0 Å². The zero-order chi connectivity index (χ0) is 7.94. The van der Waals surface area contributed by atoms with Gasteiger partial charge in [-0.1, -0.05) is 36.8 Å². The standard InChI is InChI=1S/C11H11.BrH.Mg/c1-2-3-5-8-11-9-6-4-7-10-11;;/h4,6-7,9-10H,1,5,8H2;1H;/q-1;;+2/p-1. The van der Waals surface area contributed by atoms with Crippen molar-refractivity contribution in [2.45, 2.75) is 12.8 Å². The Labute approximate surface area is 107 Å². The summed E-state index contributed by atoms with van der Waals surface area (Å²) in [5.41, 5.74) is 1.34. The summed E-state index contributed by atoms with van der Waals surface area (Å²) in [4.78, 5) is 0. The van der Waals surface area contributed by atoms with Crippen LogP contribution in [0.4, 0.5) is 0 Å². The molecule has 0 unspecified atom stereocenters. The summed E-state index contributed by atoms with van der Waals surface area (Å²) in [5, 5.41) is 0. The van der Waals surface area contributed by atoms with Gasteiger partial charge < -0.3 is 22.9 Å². The van der Waals surface area contributed by atoms with Gasteiger partial charge in [-0.2, -0.15) is 6.92 Å². The normalized spacial score (nSPS) is 7.08. The number of aryl methyl sites for hydroxylation is 1. The van der Waals surface area contributed by atoms with E-state index >= 15 is 0 Å². The van der Waals surface area contributed by atoms with Crippen LogP contribution < -0.4 is 17.0 Å². The topological polar surface area (TPSA) is 0 Å². The molecule has 0 nitrogen and oxygen atoms in total. The summed E-state index contributed by atoms with van der Waals surface area (Å²) in [6.07, 6.45) is 1.94. The minimum atomic E-state index is 0. The Kier molecular flexibility index (Phi) is 11.8. The third-order valence-electron chi connectivity index (χ3n) is 1.51. The molecule has 0 aromatic heterocycles. The Morgan fingerprint density at radius 2 is 1.77 bits per heavy atom. The van der Waals surface area contributed by atoms with E-state index in [9.17, 15) is 0 Å². The van der Waals surface area contributed by atoms with Gasteiger partial charge in [0.15, 0.2) is 0 Å². The first kappa shape index (κ1) is 15.4. The molecule has 1 aromatic rings. The molecule has 0 N–H and O–H groups in total. The molecule has 0 aliphatic carbocycles. The molecule has 0 heterocycles. The molecular weight excluding hydrogens is 236 g/mol. The molecule has 0 saturated carbocycles. The molecule has 0 aliphatic rings. The van der Waals surface area contributed by atoms with E-state index in [1.807, 2.05) is 18.2 Å². The van der Waals surface area contributed by atoms with Gasteiger partial charge in [0.1, 0.15) is 0 Å². The van der Waals surface area contributed by atoms with Crippen LogP contribution in [0, 0.1) is 18.8 Å². The van der Waals surface area contributed by atoms with Gasteiger partial charge in [-0.15, -0.1) is 0 Å². The predicted octanol–water partition coefficient (Wildman–Crippen LogP) is -0.920. The fraction of sp³-hybridized carbons (Fsp3) is 0.182. The maximum Gasteiger partial charge on any atom is 2.00 e. The summed E-state index contributed by atoms with van der Waals surface area (Å²) in [6.45, 7) is 3.46. The molecule has 0 radical (unpaired) electrons. The first-order chi connectivity index (χ1) is 5.43. The van der Waals surface area contributed by atoms with Crippen molar-refractivity contribution in [3.63, 3.8) is 0 Å². The Bertz CT molecular complexity index is 258.